The van der Waals surface area contributed by atoms with Crippen LogP contribution in [0.4, 0.5) is 0 Å². The Labute approximate surface area is 200 Å². The summed E-state index contributed by atoms with van der Waals surface area (Å²) in [5.41, 5.74) is 7.23. The molecule has 2 rings (SSSR count). The number of benzene rings is 1. The predicted molar refractivity (Wildman–Crippen MR) is 123 cm³/mol. The van der Waals surface area contributed by atoms with Gasteiger partial charge in [0.1, 0.15) is 18.6 Å². The number of hydrogen-bond acceptors (Lipinski definition) is 7. The first-order valence-corrected chi connectivity index (χ1v) is 10.8. The fourth-order valence-electron chi connectivity index (χ4n) is 3.35. The Kier molecular flexibility index (Phi) is 9.73. The molecular weight excluding hydrogens is 462 g/mol. The van der Waals surface area contributed by atoms with Gasteiger partial charge in [-0.2, -0.15) is 0 Å². The van der Waals surface area contributed by atoms with Crippen LogP contribution in [-0.4, -0.2) is 80.7 Å². The van der Waals surface area contributed by atoms with Gasteiger partial charge in [-0.25, -0.2) is 0 Å². The number of para-hydroxylation sites is 1. The Morgan fingerprint density at radius 2 is 1.69 bits per heavy atom. The number of carboxylic acids is 2. The zero-order valence-electron chi connectivity index (χ0n) is 19.0. The van der Waals surface area contributed by atoms with Gasteiger partial charge in [-0.1, -0.05) is 18.2 Å². The van der Waals surface area contributed by atoms with Gasteiger partial charge < -0.3 is 42.0 Å². The van der Waals surface area contributed by atoms with Crippen molar-refractivity contribution < 1.29 is 39.3 Å². The number of carbonyl (C=O) groups excluding carboxylic acids is 3. The highest BCUT2D eigenvalue weighted by Gasteiger charge is 2.31. The second-order valence-corrected chi connectivity index (χ2v) is 8.00. The number of aromatic nitrogens is 1. The van der Waals surface area contributed by atoms with Crippen molar-refractivity contribution in [1.29, 1.82) is 0 Å². The number of hydrogen-bond donors (Lipinski definition) is 8. The average molecular weight is 492 g/mol. The smallest absolute Gasteiger partial charge is 0.322 e. The van der Waals surface area contributed by atoms with Gasteiger partial charge in [0.2, 0.25) is 17.7 Å². The number of nitrogens with two attached hydrogens (primary N) is 1. The quantitative estimate of drug-likeness (QED) is 0.162. The van der Waals surface area contributed by atoms with Gasteiger partial charge in [-0.15, -0.1) is 0 Å². The molecule has 13 nitrogen and oxygen atoms in total. The van der Waals surface area contributed by atoms with Crippen molar-refractivity contribution in [2.75, 3.05) is 6.54 Å². The maximum atomic E-state index is 13.1. The molecule has 1 aromatic carbocycles. The van der Waals surface area contributed by atoms with E-state index in [9.17, 15) is 29.1 Å². The number of rotatable bonds is 13. The molecule has 0 aliphatic heterocycles. The fourth-order valence-corrected chi connectivity index (χ4v) is 3.35. The number of aliphatic hydroxyl groups is 1. The fraction of sp³-hybridized carbons (Fsp3) is 0.409. The number of nitrogens with one attached hydrogen (secondary N) is 4. The minimum absolute atomic E-state index is 0.0173. The molecule has 4 unspecified atom stereocenters. The third-order valence-corrected chi connectivity index (χ3v) is 5.21. The van der Waals surface area contributed by atoms with Crippen molar-refractivity contribution >= 4 is 40.6 Å². The van der Waals surface area contributed by atoms with Gasteiger partial charge in [0, 0.05) is 29.9 Å². The summed E-state index contributed by atoms with van der Waals surface area (Å²) in [4.78, 5) is 62.6. The zero-order chi connectivity index (χ0) is 26.1. The highest BCUT2D eigenvalue weighted by atomic mass is 16.4. The van der Waals surface area contributed by atoms with E-state index >= 15 is 0 Å². The summed E-state index contributed by atoms with van der Waals surface area (Å²) in [5.74, 6) is -4.96. The van der Waals surface area contributed by atoms with Crippen LogP contribution in [-0.2, 0) is 30.4 Å². The van der Waals surface area contributed by atoms with Gasteiger partial charge in [0.25, 0.3) is 0 Å². The van der Waals surface area contributed by atoms with Crippen LogP contribution >= 0.6 is 0 Å². The standard InChI is InChI=1S/C22H29N5O8/c1-11(28)19(22(35)25-10-18(31)32)27-21(34)16(26-20(33)14(23)6-7-17(29)30)8-12-9-24-15-5-3-2-4-13(12)15/h2-5,9,11,14,16,19,24,28H,6-8,10,23H2,1H3,(H,25,35)(H,26,33)(H,27,34)(H,29,30)(H,31,32). The Balaban J connectivity index is 2.24. The summed E-state index contributed by atoms with van der Waals surface area (Å²) < 4.78 is 0. The van der Waals surface area contributed by atoms with Crippen LogP contribution in [0.15, 0.2) is 30.5 Å². The van der Waals surface area contributed by atoms with Crippen molar-refractivity contribution in [3.63, 3.8) is 0 Å². The van der Waals surface area contributed by atoms with Gasteiger partial charge in [-0.3, -0.25) is 24.0 Å². The van der Waals surface area contributed by atoms with Crippen LogP contribution in [0.5, 0.6) is 0 Å². The number of fused-ring (bicyclic) bond motifs is 1. The molecule has 0 aliphatic carbocycles. The molecule has 0 spiro atoms. The van der Waals surface area contributed by atoms with Crippen LogP contribution in [0.1, 0.15) is 25.3 Å². The Hall–Kier alpha value is -3.97. The van der Waals surface area contributed by atoms with Crippen molar-refractivity contribution in [3.8, 4) is 0 Å². The van der Waals surface area contributed by atoms with E-state index in [1.54, 1.807) is 12.3 Å². The minimum atomic E-state index is -1.50. The largest absolute Gasteiger partial charge is 0.481 e. The van der Waals surface area contributed by atoms with Gasteiger partial charge >= 0.3 is 11.9 Å². The van der Waals surface area contributed by atoms with Gasteiger partial charge in [0.05, 0.1) is 12.1 Å². The molecule has 1 heterocycles. The molecule has 35 heavy (non-hydrogen) atoms. The number of aliphatic carboxylic acids is 2. The van der Waals surface area contributed by atoms with E-state index in [0.717, 1.165) is 10.9 Å². The van der Waals surface area contributed by atoms with Crippen LogP contribution in [0.2, 0.25) is 0 Å². The summed E-state index contributed by atoms with van der Waals surface area (Å²) in [6.07, 6.45) is -0.239. The Morgan fingerprint density at radius 3 is 2.31 bits per heavy atom. The molecule has 0 fully saturated rings. The number of amides is 3. The first kappa shape index (κ1) is 27.3. The van der Waals surface area contributed by atoms with Crippen molar-refractivity contribution in [2.24, 2.45) is 5.73 Å². The SMILES string of the molecule is CC(O)C(NC(=O)C(Cc1c[nH]c2ccccc12)NC(=O)C(N)CCC(=O)O)C(=O)NCC(=O)O. The minimum Gasteiger partial charge on any atom is -0.481 e. The number of carbonyl (C=O) groups is 5. The van der Waals surface area contributed by atoms with Gasteiger partial charge in [-0.05, 0) is 25.0 Å². The van der Waals surface area contributed by atoms with E-state index in [0.29, 0.717) is 5.56 Å². The number of aliphatic hydroxyl groups excluding tert-OH is 1. The molecule has 0 radical (unpaired) electrons. The summed E-state index contributed by atoms with van der Waals surface area (Å²) in [6, 6.07) is 3.32. The molecular formula is C22H29N5O8. The highest BCUT2D eigenvalue weighted by Crippen LogP contribution is 2.19. The first-order valence-electron chi connectivity index (χ1n) is 10.8. The predicted octanol–water partition coefficient (Wildman–Crippen LogP) is -1.55. The Bertz CT molecular complexity index is 1080. The second-order valence-electron chi connectivity index (χ2n) is 8.00. The zero-order valence-corrected chi connectivity index (χ0v) is 19.0. The summed E-state index contributed by atoms with van der Waals surface area (Å²) in [6.45, 7) is 0.520. The van der Waals surface area contributed by atoms with Crippen molar-refractivity contribution in [1.82, 2.24) is 20.9 Å². The first-order chi connectivity index (χ1) is 16.5. The van der Waals surface area contributed by atoms with Crippen LogP contribution in [0.3, 0.4) is 0 Å². The molecule has 0 bridgehead atoms. The number of carboxylic acid groups (broad SMARTS) is 2. The lowest BCUT2D eigenvalue weighted by Crippen LogP contribution is -2.59. The molecule has 4 atom stereocenters. The monoisotopic (exact) mass is 491 g/mol. The molecule has 1 aromatic heterocycles. The van der Waals surface area contributed by atoms with E-state index in [1.807, 2.05) is 18.2 Å². The van der Waals surface area contributed by atoms with E-state index in [2.05, 4.69) is 20.9 Å². The highest BCUT2D eigenvalue weighted by molar-refractivity contribution is 5.94. The third kappa shape index (κ3) is 8.08. The molecule has 9 N–H and O–H groups in total. The maximum absolute atomic E-state index is 13.1. The molecule has 3 amide bonds. The number of aromatic amines is 1. The van der Waals surface area contributed by atoms with E-state index in [4.69, 9.17) is 15.9 Å². The lowest BCUT2D eigenvalue weighted by molar-refractivity contribution is -0.139. The Morgan fingerprint density at radius 1 is 1.00 bits per heavy atom. The average Bonchev–Trinajstić information content (AvgIpc) is 3.21. The molecule has 0 saturated carbocycles. The lowest BCUT2D eigenvalue weighted by atomic mass is 10.0. The molecule has 0 aliphatic rings. The van der Waals surface area contributed by atoms with Crippen LogP contribution in [0.25, 0.3) is 10.9 Å². The van der Waals surface area contributed by atoms with E-state index < -0.39 is 60.4 Å². The summed E-state index contributed by atoms with van der Waals surface area (Å²) >= 11 is 0. The molecule has 190 valence electrons. The summed E-state index contributed by atoms with van der Waals surface area (Å²) in [5, 5.41) is 35.2. The molecule has 13 heteroatoms. The van der Waals surface area contributed by atoms with Crippen LogP contribution in [0, 0.1) is 0 Å². The van der Waals surface area contributed by atoms with Crippen LogP contribution < -0.4 is 21.7 Å². The molecule has 2 aromatic rings. The van der Waals surface area contributed by atoms with Crippen molar-refractivity contribution in [2.45, 2.75) is 50.4 Å². The lowest BCUT2D eigenvalue weighted by Gasteiger charge is -2.25. The topological polar surface area (TPSA) is 224 Å². The summed E-state index contributed by atoms with van der Waals surface area (Å²) in [7, 11) is 0. The number of H-pyrrole nitrogens is 1. The normalized spacial score (nSPS) is 14.4. The van der Waals surface area contributed by atoms with Crippen molar-refractivity contribution in [3.05, 3.63) is 36.0 Å². The molecule has 0 saturated heterocycles. The van der Waals surface area contributed by atoms with E-state index in [1.165, 1.54) is 6.92 Å². The second kappa shape index (κ2) is 12.5. The van der Waals surface area contributed by atoms with E-state index in [-0.39, 0.29) is 19.3 Å². The maximum Gasteiger partial charge on any atom is 0.322 e. The van der Waals surface area contributed by atoms with Gasteiger partial charge in [0.15, 0.2) is 0 Å². The third-order valence-electron chi connectivity index (χ3n) is 5.21.